The lowest BCUT2D eigenvalue weighted by Gasteiger charge is -2.33. The minimum atomic E-state index is -5.05. The first kappa shape index (κ1) is 49.8. The molecule has 0 radical (unpaired) electrons. The molecular weight excluding hydrogens is 1060 g/mol. The molecule has 2 saturated heterocycles. The van der Waals surface area contributed by atoms with Gasteiger partial charge in [-0.25, -0.2) is 19.7 Å². The average molecular weight is 1100 g/mol. The molecule has 0 spiro atoms. The lowest BCUT2D eigenvalue weighted by molar-refractivity contribution is -0.274. The number of para-hydroxylation sites is 1. The Balaban J connectivity index is 0.764. The van der Waals surface area contributed by atoms with Crippen LogP contribution in [0.3, 0.4) is 0 Å². The topological polar surface area (TPSA) is 237 Å². The van der Waals surface area contributed by atoms with Crippen molar-refractivity contribution in [2.75, 3.05) is 36.0 Å². The van der Waals surface area contributed by atoms with Gasteiger partial charge < -0.3 is 33.1 Å². The van der Waals surface area contributed by atoms with Crippen molar-refractivity contribution in [3.63, 3.8) is 0 Å². The molecule has 2 atom stereocenters. The minimum Gasteiger partial charge on any atom is -0.405 e. The molecule has 7 heterocycles. The molecule has 4 aliphatic rings. The third-order valence-electron chi connectivity index (χ3n) is 14.3. The number of aromatic nitrogens is 8. The van der Waals surface area contributed by atoms with Gasteiger partial charge in [0.2, 0.25) is 5.82 Å². The molecular formula is C51H45Cl2F3N10O9S. The van der Waals surface area contributed by atoms with Gasteiger partial charge in [-0.2, -0.15) is 5.10 Å². The first-order valence-electron chi connectivity index (χ1n) is 24.7. The van der Waals surface area contributed by atoms with Crippen molar-refractivity contribution in [2.24, 2.45) is 0 Å². The van der Waals surface area contributed by atoms with Crippen molar-refractivity contribution in [3.05, 3.63) is 137 Å². The highest BCUT2D eigenvalue weighted by atomic mass is 35.5. The largest absolute Gasteiger partial charge is 0.573 e. The molecule has 0 bridgehead atoms. The third kappa shape index (κ3) is 10.3. The standard InChI is InChI=1S/C51H45Cl2F3N10O9S/c52-36-5-2-6-37(53)39(36)42-35(24-71-29-15-19-66(20-16-29)38-22-57-48(76-38)46-58-50(69)75-64-46)45(74-63-42)33-21-32(33)30-3-1-4-31(44(30)72-51(54,55)56)41-34(43(73-62-41)26-7-8-26)23-70-28-13-17-65(18-14-28)27-11-9-25(10-12-27)40-47(67)59-49(68)61-60-40/h1-6,9-12,22,26,28-29,32-33H,7-8,13-21,23-24H2,(H,58,64,69)(H2,59,61,67,68). The smallest absolute Gasteiger partial charge is 0.405 e. The molecule has 2 unspecified atom stereocenters. The van der Waals surface area contributed by atoms with Gasteiger partial charge in [-0.1, -0.05) is 80.3 Å². The molecule has 25 heteroatoms. The maximum absolute atomic E-state index is 14.6. The molecule has 4 fully saturated rings. The molecule has 3 N–H and O–H groups in total. The van der Waals surface area contributed by atoms with Crippen LogP contribution in [0.5, 0.6) is 5.75 Å². The fourth-order valence-electron chi connectivity index (χ4n) is 10.2. The Morgan fingerprint density at radius 1 is 0.724 bits per heavy atom. The zero-order chi connectivity index (χ0) is 52.2. The van der Waals surface area contributed by atoms with Gasteiger partial charge in [0.05, 0.1) is 41.7 Å². The van der Waals surface area contributed by atoms with Crippen LogP contribution < -0.4 is 31.5 Å². The summed E-state index contributed by atoms with van der Waals surface area (Å²) in [5, 5.41) is 20.9. The van der Waals surface area contributed by atoms with Gasteiger partial charge in [0.1, 0.15) is 33.7 Å². The summed E-state index contributed by atoms with van der Waals surface area (Å²) in [6.45, 7) is 2.79. The van der Waals surface area contributed by atoms with Gasteiger partial charge >= 0.3 is 17.8 Å². The number of H-pyrrole nitrogens is 3. The molecule has 3 aromatic carbocycles. The normalized spacial score (nSPS) is 18.4. The molecule has 2 aliphatic heterocycles. The lowest BCUT2D eigenvalue weighted by atomic mass is 9.97. The fraction of sp³-hybridized carbons (Fsp3) is 0.373. The average Bonchev–Trinajstić information content (AvgIpc) is 4.16. The molecule has 5 aromatic heterocycles. The number of anilines is 2. The van der Waals surface area contributed by atoms with Crippen molar-refractivity contribution in [1.82, 2.24) is 40.6 Å². The molecule has 8 aromatic rings. The van der Waals surface area contributed by atoms with Gasteiger partial charge in [-0.3, -0.25) is 19.3 Å². The van der Waals surface area contributed by atoms with Gasteiger partial charge in [0, 0.05) is 71.5 Å². The Labute approximate surface area is 442 Å². The van der Waals surface area contributed by atoms with Crippen LogP contribution in [0.4, 0.5) is 23.9 Å². The summed E-state index contributed by atoms with van der Waals surface area (Å²) in [6, 6.07) is 17.3. The predicted octanol–water partition coefficient (Wildman–Crippen LogP) is 9.96. The second kappa shape index (κ2) is 20.5. The molecule has 2 saturated carbocycles. The first-order valence-corrected chi connectivity index (χ1v) is 26.2. The molecule has 12 rings (SSSR count). The van der Waals surface area contributed by atoms with E-state index in [0.717, 1.165) is 23.5 Å². The Hall–Kier alpha value is -7.05. The monoisotopic (exact) mass is 1100 g/mol. The van der Waals surface area contributed by atoms with E-state index < -0.39 is 35.2 Å². The third-order valence-corrected chi connectivity index (χ3v) is 16.0. The fourth-order valence-corrected chi connectivity index (χ4v) is 11.7. The van der Waals surface area contributed by atoms with Crippen LogP contribution in [-0.2, 0) is 22.7 Å². The Kier molecular flexibility index (Phi) is 13.4. The number of ether oxygens (including phenoxy) is 3. The summed E-state index contributed by atoms with van der Waals surface area (Å²) in [6.07, 6.45) is 1.19. The van der Waals surface area contributed by atoms with Crippen molar-refractivity contribution >= 4 is 45.2 Å². The second-order valence-corrected chi connectivity index (χ2v) is 21.0. The molecule has 0 amide bonds. The van der Waals surface area contributed by atoms with Crippen molar-refractivity contribution in [3.8, 4) is 50.4 Å². The minimum absolute atomic E-state index is 0.0683. The highest BCUT2D eigenvalue weighted by Gasteiger charge is 2.48. The quantitative estimate of drug-likeness (QED) is 0.0816. The highest BCUT2D eigenvalue weighted by Crippen LogP contribution is 2.60. The zero-order valence-electron chi connectivity index (χ0n) is 40.0. The molecule has 2 aliphatic carbocycles. The van der Waals surface area contributed by atoms with Crippen LogP contribution in [0.1, 0.15) is 90.9 Å². The second-order valence-electron chi connectivity index (χ2n) is 19.2. The number of nitrogens with zero attached hydrogens (tertiary/aromatic N) is 7. The number of nitrogens with one attached hydrogen (secondary N) is 3. The number of piperidine rings is 2. The number of thiazole rings is 1. The van der Waals surface area contributed by atoms with Crippen molar-refractivity contribution < 1.29 is 41.0 Å². The zero-order valence-corrected chi connectivity index (χ0v) is 42.4. The SMILES string of the molecule is O=c1[nH]nc(-c2ccc(N3CCC(OCc4c(-c5cccc(C6CC6c6onc(-c7c(Cl)cccc7Cl)c6COC6CCN(c7cnc(-c8noc(=O)[nH]8)s7)CC6)c5OC(F)(F)F)noc4C4CC4)CC3)cc2)c(=O)[nH]1. The summed E-state index contributed by atoms with van der Waals surface area (Å²) in [4.78, 5) is 48.7. The number of aromatic amines is 3. The number of hydrogen-bond donors (Lipinski definition) is 3. The van der Waals surface area contributed by atoms with Crippen LogP contribution in [0.25, 0.3) is 44.6 Å². The highest BCUT2D eigenvalue weighted by molar-refractivity contribution is 7.18. The van der Waals surface area contributed by atoms with E-state index >= 15 is 0 Å². The van der Waals surface area contributed by atoms with Gasteiger partial charge in [-0.15, -0.1) is 13.2 Å². The number of rotatable bonds is 16. The summed E-state index contributed by atoms with van der Waals surface area (Å²) in [5.74, 6) is -0.531. The number of benzene rings is 3. The van der Waals surface area contributed by atoms with Crippen LogP contribution in [-0.4, -0.2) is 85.4 Å². The molecule has 19 nitrogen and oxygen atoms in total. The Morgan fingerprint density at radius 2 is 1.38 bits per heavy atom. The molecule has 76 heavy (non-hydrogen) atoms. The van der Waals surface area contributed by atoms with Crippen LogP contribution >= 0.6 is 34.5 Å². The predicted molar refractivity (Wildman–Crippen MR) is 272 cm³/mol. The van der Waals surface area contributed by atoms with Crippen LogP contribution in [0, 0.1) is 0 Å². The Bertz CT molecular complexity index is 3570. The Morgan fingerprint density at radius 3 is 2.04 bits per heavy atom. The summed E-state index contributed by atoms with van der Waals surface area (Å²) in [5.41, 5.74) is 3.04. The van der Waals surface area contributed by atoms with E-state index in [9.17, 15) is 27.6 Å². The van der Waals surface area contributed by atoms with Crippen LogP contribution in [0.2, 0.25) is 10.0 Å². The molecule has 394 valence electrons. The van der Waals surface area contributed by atoms with E-state index in [0.29, 0.717) is 118 Å². The van der Waals surface area contributed by atoms with Crippen molar-refractivity contribution in [1.29, 1.82) is 0 Å². The van der Waals surface area contributed by atoms with Gasteiger partial charge in [-0.05, 0) is 86.8 Å². The van der Waals surface area contributed by atoms with E-state index in [1.807, 2.05) is 12.1 Å². The number of hydrogen-bond acceptors (Lipinski definition) is 17. The lowest BCUT2D eigenvalue weighted by Crippen LogP contribution is -2.37. The maximum atomic E-state index is 14.6. The summed E-state index contributed by atoms with van der Waals surface area (Å²) in [7, 11) is 0. The number of halogens is 5. The van der Waals surface area contributed by atoms with E-state index in [-0.39, 0.29) is 59.9 Å². The van der Waals surface area contributed by atoms with Gasteiger partial charge in [0.25, 0.3) is 5.56 Å². The summed E-state index contributed by atoms with van der Waals surface area (Å²) < 4.78 is 78.7. The van der Waals surface area contributed by atoms with Crippen molar-refractivity contribution in [2.45, 2.75) is 94.5 Å². The summed E-state index contributed by atoms with van der Waals surface area (Å²) >= 11 is 14.9. The van der Waals surface area contributed by atoms with Gasteiger partial charge in [0.15, 0.2) is 10.7 Å². The van der Waals surface area contributed by atoms with E-state index in [2.05, 4.69) is 54.9 Å². The first-order chi connectivity index (χ1) is 36.8. The van der Waals surface area contributed by atoms with E-state index in [4.69, 9.17) is 46.5 Å². The maximum Gasteiger partial charge on any atom is 0.573 e. The van der Waals surface area contributed by atoms with E-state index in [1.165, 1.54) is 11.3 Å². The van der Waals surface area contributed by atoms with E-state index in [1.54, 1.807) is 54.7 Å². The van der Waals surface area contributed by atoms with Crippen LogP contribution in [0.15, 0.2) is 94.8 Å². The number of alkyl halides is 3.